The predicted molar refractivity (Wildman–Crippen MR) is 120 cm³/mol. The molecule has 4 aromatic rings. The first kappa shape index (κ1) is 19.6. The van der Waals surface area contributed by atoms with E-state index in [1.807, 2.05) is 42.4 Å². The molecule has 3 heterocycles. The summed E-state index contributed by atoms with van der Waals surface area (Å²) in [6, 6.07) is 21.8. The van der Waals surface area contributed by atoms with Crippen molar-refractivity contribution in [2.24, 2.45) is 5.73 Å². The summed E-state index contributed by atoms with van der Waals surface area (Å²) in [4.78, 5) is 15.4. The smallest absolute Gasteiger partial charge is 0.289 e. The van der Waals surface area contributed by atoms with Crippen LogP contribution in [0.3, 0.4) is 0 Å². The average Bonchev–Trinajstić information content (AvgIpc) is 3.53. The Bertz CT molecular complexity index is 1190. The Balaban J connectivity index is 1.45. The van der Waals surface area contributed by atoms with Crippen LogP contribution < -0.4 is 5.73 Å². The summed E-state index contributed by atoms with van der Waals surface area (Å²) in [6.07, 6.45) is 3.47. The van der Waals surface area contributed by atoms with Crippen LogP contribution >= 0.6 is 0 Å². The second kappa shape index (κ2) is 8.08. The molecule has 5 nitrogen and oxygen atoms in total. The minimum Gasteiger partial charge on any atom is -0.464 e. The highest BCUT2D eigenvalue weighted by Crippen LogP contribution is 2.36. The molecule has 158 valence electrons. The molecule has 1 aliphatic heterocycles. The number of carbonyl (C=O) groups excluding carboxylic acids is 1. The van der Waals surface area contributed by atoms with Gasteiger partial charge in [0.25, 0.3) is 5.91 Å². The zero-order chi connectivity index (χ0) is 21.4. The van der Waals surface area contributed by atoms with E-state index < -0.39 is 0 Å². The monoisotopic (exact) mass is 414 g/mol. The second-order valence-electron chi connectivity index (χ2n) is 8.41. The standard InChI is InChI=1S/C26H26N2O3/c1-17(27)23-11-12-25(31-23)26(29)28-15-19(18-7-3-2-4-8-18)13-21(28)14-20-16-30-24-10-6-5-9-22(20)24/h2-12,16-17,19,21H,13-15,27H2,1H3. The minimum absolute atomic E-state index is 0.0579. The third kappa shape index (κ3) is 3.77. The molecule has 3 unspecified atom stereocenters. The fourth-order valence-electron chi connectivity index (χ4n) is 4.62. The molecule has 5 heteroatoms. The number of nitrogens with two attached hydrogens (primary N) is 1. The van der Waals surface area contributed by atoms with Gasteiger partial charge in [-0.2, -0.15) is 0 Å². The van der Waals surface area contributed by atoms with Crippen molar-refractivity contribution in [2.75, 3.05) is 6.54 Å². The number of nitrogens with zero attached hydrogens (tertiary/aromatic N) is 1. The summed E-state index contributed by atoms with van der Waals surface area (Å²) in [7, 11) is 0. The van der Waals surface area contributed by atoms with Gasteiger partial charge >= 0.3 is 0 Å². The zero-order valence-electron chi connectivity index (χ0n) is 17.5. The lowest BCUT2D eigenvalue weighted by Gasteiger charge is -2.23. The number of amides is 1. The van der Waals surface area contributed by atoms with Crippen molar-refractivity contribution in [3.63, 3.8) is 0 Å². The second-order valence-corrected chi connectivity index (χ2v) is 8.41. The fraction of sp³-hybridized carbons (Fsp3) is 0.269. The lowest BCUT2D eigenvalue weighted by molar-refractivity contribution is 0.0700. The minimum atomic E-state index is -0.245. The number of benzene rings is 2. The molecule has 5 rings (SSSR count). The van der Waals surface area contributed by atoms with E-state index in [2.05, 4.69) is 30.3 Å². The van der Waals surface area contributed by atoms with Crippen molar-refractivity contribution < 1.29 is 13.6 Å². The number of hydrogen-bond acceptors (Lipinski definition) is 4. The molecule has 2 N–H and O–H groups in total. The Hall–Kier alpha value is -3.31. The van der Waals surface area contributed by atoms with Crippen LogP contribution in [0, 0.1) is 0 Å². The molecule has 2 aromatic heterocycles. The molecule has 1 fully saturated rings. The largest absolute Gasteiger partial charge is 0.464 e. The molecular weight excluding hydrogens is 388 g/mol. The Labute approximate surface area is 181 Å². The van der Waals surface area contributed by atoms with Crippen LogP contribution in [-0.4, -0.2) is 23.4 Å². The Morgan fingerprint density at radius 2 is 1.87 bits per heavy atom. The van der Waals surface area contributed by atoms with Gasteiger partial charge in [0.2, 0.25) is 0 Å². The quantitative estimate of drug-likeness (QED) is 0.482. The first-order valence-electron chi connectivity index (χ1n) is 10.8. The molecule has 1 aliphatic rings. The molecule has 3 atom stereocenters. The van der Waals surface area contributed by atoms with Crippen molar-refractivity contribution in [3.8, 4) is 0 Å². The maximum atomic E-state index is 13.4. The van der Waals surface area contributed by atoms with Gasteiger partial charge in [-0.1, -0.05) is 48.5 Å². The molecule has 0 spiro atoms. The van der Waals surface area contributed by atoms with Crippen LogP contribution in [0.5, 0.6) is 0 Å². The number of fused-ring (bicyclic) bond motifs is 1. The SMILES string of the molecule is CC(N)c1ccc(C(=O)N2CC(c3ccccc3)CC2Cc2coc3ccccc23)o1. The number of hydrogen-bond donors (Lipinski definition) is 1. The topological polar surface area (TPSA) is 72.6 Å². The lowest BCUT2D eigenvalue weighted by atomic mass is 9.94. The number of likely N-dealkylation sites (tertiary alicyclic amines) is 1. The molecule has 31 heavy (non-hydrogen) atoms. The van der Waals surface area contributed by atoms with Crippen molar-refractivity contribution in [2.45, 2.75) is 37.8 Å². The van der Waals surface area contributed by atoms with E-state index in [-0.39, 0.29) is 23.9 Å². The van der Waals surface area contributed by atoms with Gasteiger partial charge in [-0.15, -0.1) is 0 Å². The predicted octanol–water partition coefficient (Wildman–Crippen LogP) is 5.29. The van der Waals surface area contributed by atoms with Crippen LogP contribution in [0.1, 0.15) is 52.7 Å². The van der Waals surface area contributed by atoms with E-state index in [9.17, 15) is 4.79 Å². The van der Waals surface area contributed by atoms with Gasteiger partial charge in [0.15, 0.2) is 5.76 Å². The van der Waals surface area contributed by atoms with Crippen LogP contribution in [0.4, 0.5) is 0 Å². The Morgan fingerprint density at radius 3 is 2.65 bits per heavy atom. The van der Waals surface area contributed by atoms with Crippen LogP contribution in [0.25, 0.3) is 11.0 Å². The molecule has 0 radical (unpaired) electrons. The van der Waals surface area contributed by atoms with Gasteiger partial charge in [-0.05, 0) is 43.5 Å². The summed E-state index contributed by atoms with van der Waals surface area (Å²) in [6.45, 7) is 2.51. The van der Waals surface area contributed by atoms with Crippen molar-refractivity contribution in [1.82, 2.24) is 4.90 Å². The van der Waals surface area contributed by atoms with Crippen molar-refractivity contribution >= 4 is 16.9 Å². The van der Waals surface area contributed by atoms with Gasteiger partial charge in [0, 0.05) is 29.5 Å². The van der Waals surface area contributed by atoms with Crippen LogP contribution in [0.2, 0.25) is 0 Å². The van der Waals surface area contributed by atoms with Crippen LogP contribution in [-0.2, 0) is 6.42 Å². The highest BCUT2D eigenvalue weighted by atomic mass is 16.4. The zero-order valence-corrected chi connectivity index (χ0v) is 17.5. The fourth-order valence-corrected chi connectivity index (χ4v) is 4.62. The number of para-hydroxylation sites is 1. The lowest BCUT2D eigenvalue weighted by Crippen LogP contribution is -2.36. The Morgan fingerprint density at radius 1 is 1.10 bits per heavy atom. The molecule has 1 amide bonds. The van der Waals surface area contributed by atoms with Gasteiger partial charge in [-0.25, -0.2) is 0 Å². The number of carbonyl (C=O) groups is 1. The van der Waals surface area contributed by atoms with E-state index in [4.69, 9.17) is 14.6 Å². The van der Waals surface area contributed by atoms with Gasteiger partial charge < -0.3 is 19.5 Å². The summed E-state index contributed by atoms with van der Waals surface area (Å²) in [5.74, 6) is 1.18. The summed E-state index contributed by atoms with van der Waals surface area (Å²) in [5, 5.41) is 1.11. The first-order valence-corrected chi connectivity index (χ1v) is 10.8. The molecule has 1 saturated heterocycles. The third-order valence-corrected chi connectivity index (χ3v) is 6.25. The summed E-state index contributed by atoms with van der Waals surface area (Å²) >= 11 is 0. The van der Waals surface area contributed by atoms with E-state index in [1.54, 1.807) is 12.1 Å². The average molecular weight is 415 g/mol. The molecule has 2 aromatic carbocycles. The van der Waals surface area contributed by atoms with Gasteiger partial charge in [0.1, 0.15) is 11.3 Å². The van der Waals surface area contributed by atoms with E-state index in [0.717, 1.165) is 29.4 Å². The normalized spacial score (nSPS) is 19.7. The van der Waals surface area contributed by atoms with Crippen LogP contribution in [0.15, 0.2) is 81.8 Å². The van der Waals surface area contributed by atoms with Crippen molar-refractivity contribution in [1.29, 1.82) is 0 Å². The van der Waals surface area contributed by atoms with E-state index in [1.165, 1.54) is 5.56 Å². The molecule has 0 saturated carbocycles. The number of rotatable bonds is 5. The van der Waals surface area contributed by atoms with E-state index >= 15 is 0 Å². The maximum absolute atomic E-state index is 13.4. The van der Waals surface area contributed by atoms with Gasteiger partial charge in [0.05, 0.1) is 12.3 Å². The van der Waals surface area contributed by atoms with Gasteiger partial charge in [-0.3, -0.25) is 4.79 Å². The number of furan rings is 2. The summed E-state index contributed by atoms with van der Waals surface area (Å²) < 4.78 is 11.5. The summed E-state index contributed by atoms with van der Waals surface area (Å²) in [5.41, 5.74) is 9.18. The highest BCUT2D eigenvalue weighted by Gasteiger charge is 2.37. The molecular formula is C26H26N2O3. The molecule has 0 bridgehead atoms. The third-order valence-electron chi connectivity index (χ3n) is 6.25. The van der Waals surface area contributed by atoms with E-state index in [0.29, 0.717) is 18.1 Å². The molecule has 0 aliphatic carbocycles. The maximum Gasteiger partial charge on any atom is 0.289 e. The first-order chi connectivity index (χ1) is 15.1. The Kier molecular flexibility index (Phi) is 5.12. The highest BCUT2D eigenvalue weighted by molar-refractivity contribution is 5.92. The van der Waals surface area contributed by atoms with Crippen molar-refractivity contribution in [3.05, 3.63) is 95.6 Å².